The summed E-state index contributed by atoms with van der Waals surface area (Å²) in [7, 11) is 0. The molecule has 1 amide bonds. The molecule has 5 heteroatoms. The minimum Gasteiger partial charge on any atom is -0.376 e. The first-order valence-corrected chi connectivity index (χ1v) is 6.06. The van der Waals surface area contributed by atoms with Gasteiger partial charge in [-0.15, -0.1) is 0 Å². The summed E-state index contributed by atoms with van der Waals surface area (Å²) in [6.07, 6.45) is 0.336. The van der Waals surface area contributed by atoms with Crippen molar-refractivity contribution in [1.82, 2.24) is 5.32 Å². The molecule has 1 aromatic carbocycles. The predicted molar refractivity (Wildman–Crippen MR) is 70.6 cm³/mol. The number of nitrogens with zero attached hydrogens (tertiary/aromatic N) is 1. The molecule has 0 bridgehead atoms. The highest BCUT2D eigenvalue weighted by atomic mass is 79.9. The van der Waals surface area contributed by atoms with Crippen molar-refractivity contribution in [3.05, 3.63) is 28.2 Å². The molecule has 0 aliphatic heterocycles. The van der Waals surface area contributed by atoms with E-state index < -0.39 is 0 Å². The summed E-state index contributed by atoms with van der Waals surface area (Å²) in [6, 6.07) is 7.79. The molecule has 0 radical (unpaired) electrons. The molecule has 90 valence electrons. The Labute approximate surface area is 109 Å². The molecular weight excluding hydrogens is 282 g/mol. The molecule has 0 atom stereocenters. The summed E-state index contributed by atoms with van der Waals surface area (Å²) in [5.41, 5.74) is 2.01. The molecule has 0 saturated heterocycles. The van der Waals surface area contributed by atoms with Gasteiger partial charge in [0.1, 0.15) is 0 Å². The third-order valence-corrected chi connectivity index (χ3v) is 2.68. The molecule has 0 unspecified atom stereocenters. The van der Waals surface area contributed by atoms with Crippen molar-refractivity contribution in [1.29, 1.82) is 5.26 Å². The zero-order chi connectivity index (χ0) is 12.7. The van der Waals surface area contributed by atoms with Gasteiger partial charge in [0.2, 0.25) is 5.91 Å². The Morgan fingerprint density at radius 3 is 2.94 bits per heavy atom. The summed E-state index contributed by atoms with van der Waals surface area (Å²) in [5, 5.41) is 14.0. The van der Waals surface area contributed by atoms with E-state index in [1.165, 1.54) is 0 Å². The van der Waals surface area contributed by atoms with Gasteiger partial charge in [-0.25, -0.2) is 0 Å². The van der Waals surface area contributed by atoms with Gasteiger partial charge >= 0.3 is 0 Å². The van der Waals surface area contributed by atoms with Gasteiger partial charge in [0.05, 0.1) is 19.0 Å². The minimum absolute atomic E-state index is 0.109. The number of amides is 1. The molecule has 0 fully saturated rings. The lowest BCUT2D eigenvalue weighted by Crippen LogP contribution is -2.30. The lowest BCUT2D eigenvalue weighted by atomic mass is 10.2. The van der Waals surface area contributed by atoms with Gasteiger partial charge < -0.3 is 10.6 Å². The first kappa shape index (κ1) is 13.5. The Balaban J connectivity index is 2.40. The predicted octanol–water partition coefficient (Wildman–Crippen LogP) is 2.20. The van der Waals surface area contributed by atoms with Gasteiger partial charge in [0.25, 0.3) is 0 Å². The van der Waals surface area contributed by atoms with Gasteiger partial charge in [0, 0.05) is 16.7 Å². The van der Waals surface area contributed by atoms with E-state index in [1.807, 2.05) is 31.2 Å². The Kier molecular flexibility index (Phi) is 5.50. The van der Waals surface area contributed by atoms with Crippen LogP contribution in [-0.4, -0.2) is 19.0 Å². The van der Waals surface area contributed by atoms with Crippen molar-refractivity contribution >= 4 is 27.5 Å². The third-order valence-electron chi connectivity index (χ3n) is 2.19. The number of hydrogen-bond donors (Lipinski definition) is 2. The summed E-state index contributed by atoms with van der Waals surface area (Å²) < 4.78 is 1.01. The number of nitrogens with one attached hydrogen (secondary N) is 2. The summed E-state index contributed by atoms with van der Waals surface area (Å²) in [6.45, 7) is 2.59. The maximum atomic E-state index is 11.4. The smallest absolute Gasteiger partial charge is 0.239 e. The molecule has 4 nitrogen and oxygen atoms in total. The van der Waals surface area contributed by atoms with Crippen LogP contribution < -0.4 is 10.6 Å². The van der Waals surface area contributed by atoms with Gasteiger partial charge in [0.15, 0.2) is 0 Å². The van der Waals surface area contributed by atoms with E-state index >= 15 is 0 Å². The molecule has 2 N–H and O–H groups in total. The molecule has 0 aliphatic carbocycles. The molecule has 0 aliphatic rings. The van der Waals surface area contributed by atoms with Crippen molar-refractivity contribution < 1.29 is 4.79 Å². The third kappa shape index (κ3) is 4.87. The normalized spacial score (nSPS) is 9.47. The van der Waals surface area contributed by atoms with Gasteiger partial charge in [-0.2, -0.15) is 5.26 Å². The lowest BCUT2D eigenvalue weighted by molar-refractivity contribution is -0.119. The zero-order valence-electron chi connectivity index (χ0n) is 9.59. The maximum absolute atomic E-state index is 11.4. The molecule has 0 heterocycles. The van der Waals surface area contributed by atoms with Crippen LogP contribution in [0.25, 0.3) is 0 Å². The second kappa shape index (κ2) is 6.92. The van der Waals surface area contributed by atoms with Crippen LogP contribution in [0.1, 0.15) is 12.0 Å². The number of nitriles is 1. The van der Waals surface area contributed by atoms with Gasteiger partial charge in [-0.05, 0) is 30.7 Å². The van der Waals surface area contributed by atoms with Crippen LogP contribution in [0.15, 0.2) is 22.7 Å². The summed E-state index contributed by atoms with van der Waals surface area (Å²) in [5.74, 6) is -0.109. The number of halogens is 1. The number of aryl methyl sites for hydroxylation is 1. The highest BCUT2D eigenvalue weighted by Crippen LogP contribution is 2.19. The van der Waals surface area contributed by atoms with Crippen LogP contribution in [-0.2, 0) is 4.79 Å². The second-order valence-corrected chi connectivity index (χ2v) is 4.49. The van der Waals surface area contributed by atoms with E-state index in [9.17, 15) is 4.79 Å². The Morgan fingerprint density at radius 1 is 1.53 bits per heavy atom. The molecule has 1 aromatic rings. The van der Waals surface area contributed by atoms with Crippen LogP contribution >= 0.6 is 15.9 Å². The monoisotopic (exact) mass is 295 g/mol. The average molecular weight is 296 g/mol. The molecule has 0 saturated carbocycles. The Hall–Kier alpha value is -1.54. The molecular formula is C12H14BrN3O. The van der Waals surface area contributed by atoms with E-state index in [1.54, 1.807) is 0 Å². The highest BCUT2D eigenvalue weighted by molar-refractivity contribution is 9.10. The van der Waals surface area contributed by atoms with E-state index in [0.717, 1.165) is 15.7 Å². The first-order chi connectivity index (χ1) is 8.13. The molecule has 1 rings (SSSR count). The van der Waals surface area contributed by atoms with Crippen LogP contribution in [0, 0.1) is 18.3 Å². The highest BCUT2D eigenvalue weighted by Gasteiger charge is 2.02. The zero-order valence-corrected chi connectivity index (χ0v) is 11.2. The van der Waals surface area contributed by atoms with Crippen LogP contribution in [0.5, 0.6) is 0 Å². The SMILES string of the molecule is Cc1cc(Br)ccc1NCC(=O)NCCC#N. The van der Waals surface area contributed by atoms with E-state index in [0.29, 0.717) is 13.0 Å². The number of anilines is 1. The van der Waals surface area contributed by atoms with Gasteiger partial charge in [-0.3, -0.25) is 4.79 Å². The standard InChI is InChI=1S/C12H14BrN3O/c1-9-7-10(13)3-4-11(9)16-8-12(17)15-6-2-5-14/h3-4,7,16H,2,6,8H2,1H3,(H,15,17). The van der Waals surface area contributed by atoms with E-state index in [-0.39, 0.29) is 12.5 Å². The number of hydrogen-bond acceptors (Lipinski definition) is 3. The summed E-state index contributed by atoms with van der Waals surface area (Å²) in [4.78, 5) is 11.4. The minimum atomic E-state index is -0.109. The van der Waals surface area contributed by atoms with Crippen molar-refractivity contribution in [2.75, 3.05) is 18.4 Å². The Bertz CT molecular complexity index is 440. The summed E-state index contributed by atoms with van der Waals surface area (Å²) >= 11 is 3.38. The second-order valence-electron chi connectivity index (χ2n) is 3.57. The van der Waals surface area contributed by atoms with E-state index in [2.05, 4.69) is 26.6 Å². The number of carbonyl (C=O) groups excluding carboxylic acids is 1. The van der Waals surface area contributed by atoms with Crippen LogP contribution in [0.4, 0.5) is 5.69 Å². The van der Waals surface area contributed by atoms with Crippen molar-refractivity contribution in [3.63, 3.8) is 0 Å². The van der Waals surface area contributed by atoms with Crippen LogP contribution in [0.2, 0.25) is 0 Å². The van der Waals surface area contributed by atoms with E-state index in [4.69, 9.17) is 5.26 Å². The van der Waals surface area contributed by atoms with Crippen molar-refractivity contribution in [2.24, 2.45) is 0 Å². The fourth-order valence-electron chi connectivity index (χ4n) is 1.32. The topological polar surface area (TPSA) is 64.9 Å². The number of rotatable bonds is 5. The fourth-order valence-corrected chi connectivity index (χ4v) is 1.80. The average Bonchev–Trinajstić information content (AvgIpc) is 2.28. The number of benzene rings is 1. The first-order valence-electron chi connectivity index (χ1n) is 5.27. The molecule has 17 heavy (non-hydrogen) atoms. The maximum Gasteiger partial charge on any atom is 0.239 e. The van der Waals surface area contributed by atoms with Gasteiger partial charge in [-0.1, -0.05) is 15.9 Å². The Morgan fingerprint density at radius 2 is 2.29 bits per heavy atom. The number of carbonyl (C=O) groups is 1. The largest absolute Gasteiger partial charge is 0.376 e. The van der Waals surface area contributed by atoms with Crippen molar-refractivity contribution in [3.8, 4) is 6.07 Å². The van der Waals surface area contributed by atoms with Crippen molar-refractivity contribution in [2.45, 2.75) is 13.3 Å². The van der Waals surface area contributed by atoms with Crippen LogP contribution in [0.3, 0.4) is 0 Å². The lowest BCUT2D eigenvalue weighted by Gasteiger charge is -2.09. The quantitative estimate of drug-likeness (QED) is 0.819. The molecule has 0 spiro atoms. The fraction of sp³-hybridized carbons (Fsp3) is 0.333. The molecule has 0 aromatic heterocycles.